The van der Waals surface area contributed by atoms with Crippen molar-refractivity contribution in [3.63, 3.8) is 0 Å². The molecule has 23 heavy (non-hydrogen) atoms. The van der Waals surface area contributed by atoms with Gasteiger partial charge >= 0.3 is 0 Å². The lowest BCUT2D eigenvalue weighted by Gasteiger charge is -2.30. The third kappa shape index (κ3) is 4.88. The number of hydrogen-bond donors (Lipinski definition) is 1. The zero-order valence-corrected chi connectivity index (χ0v) is 13.8. The lowest BCUT2D eigenvalue weighted by molar-refractivity contribution is -0.346. The molecule has 2 fully saturated rings. The highest BCUT2D eigenvalue weighted by Crippen LogP contribution is 2.22. The summed E-state index contributed by atoms with van der Waals surface area (Å²) in [6, 6.07) is 1.12. The number of amidine groups is 1. The molecule has 3 aliphatic rings. The minimum Gasteiger partial charge on any atom is -0.552 e. The molecule has 1 N–H and O–H groups in total. The maximum Gasteiger partial charge on any atom is 0.170 e. The molecule has 0 aromatic heterocycles. The summed E-state index contributed by atoms with van der Waals surface area (Å²) in [6.07, 6.45) is 19.3. The van der Waals surface area contributed by atoms with Crippen molar-refractivity contribution in [1.29, 1.82) is 0 Å². The van der Waals surface area contributed by atoms with E-state index in [1.807, 2.05) is 12.2 Å². The summed E-state index contributed by atoms with van der Waals surface area (Å²) in [4.78, 5) is 4.74. The predicted molar refractivity (Wildman–Crippen MR) is 90.7 cm³/mol. The van der Waals surface area contributed by atoms with E-state index < -0.39 is 0 Å². The van der Waals surface area contributed by atoms with Crippen molar-refractivity contribution in [3.8, 4) is 0 Å². The van der Waals surface area contributed by atoms with Crippen LogP contribution >= 0.6 is 0 Å². The van der Waals surface area contributed by atoms with Gasteiger partial charge in [0.15, 0.2) is 6.02 Å². The van der Waals surface area contributed by atoms with Crippen molar-refractivity contribution in [2.24, 2.45) is 4.99 Å². The quantitative estimate of drug-likeness (QED) is 0.494. The van der Waals surface area contributed by atoms with Gasteiger partial charge in [0.1, 0.15) is 0 Å². The van der Waals surface area contributed by atoms with Crippen LogP contribution in [0, 0.1) is 0 Å². The summed E-state index contributed by atoms with van der Waals surface area (Å²) in [5, 5.41) is 15.7. The van der Waals surface area contributed by atoms with Gasteiger partial charge in [0.25, 0.3) is 0 Å². The first-order chi connectivity index (χ1) is 11.3. The number of allylic oxidation sites excluding steroid dienone is 5. The van der Waals surface area contributed by atoms with Crippen molar-refractivity contribution in [2.75, 3.05) is 0 Å². The fraction of sp³-hybridized carbons (Fsp3) is 0.632. The lowest BCUT2D eigenvalue weighted by Crippen LogP contribution is -2.39. The molecule has 0 unspecified atom stereocenters. The number of hydrogen-bond acceptors (Lipinski definition) is 3. The lowest BCUT2D eigenvalue weighted by atomic mass is 9.95. The smallest absolute Gasteiger partial charge is 0.170 e. The Hall–Kier alpha value is -1.71. The number of aliphatic imine (C=N–C) groups is 1. The summed E-state index contributed by atoms with van der Waals surface area (Å²) in [5.41, 5.74) is 0.590. The van der Waals surface area contributed by atoms with E-state index in [-0.39, 0.29) is 5.95 Å². The molecule has 126 valence electrons. The second-order valence-electron chi connectivity index (χ2n) is 6.77. The van der Waals surface area contributed by atoms with Crippen LogP contribution in [0.3, 0.4) is 0 Å². The fourth-order valence-electron chi connectivity index (χ4n) is 3.55. The molecular formula is C19H27N2O2-. The summed E-state index contributed by atoms with van der Waals surface area (Å²) < 4.78 is 5.60. The molecule has 0 amide bonds. The number of nitrogens with one attached hydrogen (secondary N) is 1. The minimum absolute atomic E-state index is 0.294. The van der Waals surface area contributed by atoms with E-state index in [0.29, 0.717) is 23.7 Å². The molecule has 0 aromatic rings. The van der Waals surface area contributed by atoms with Gasteiger partial charge in [-0.25, -0.2) is 0 Å². The Morgan fingerprint density at radius 2 is 1.57 bits per heavy atom. The van der Waals surface area contributed by atoms with Crippen molar-refractivity contribution in [2.45, 2.75) is 76.3 Å². The molecule has 3 rings (SSSR count). The highest BCUT2D eigenvalue weighted by atomic mass is 16.6. The van der Waals surface area contributed by atoms with E-state index >= 15 is 0 Å². The van der Waals surface area contributed by atoms with Gasteiger partial charge < -0.3 is 15.2 Å². The van der Waals surface area contributed by atoms with Gasteiger partial charge in [-0.1, -0.05) is 62.8 Å². The van der Waals surface area contributed by atoms with Crippen molar-refractivity contribution in [3.05, 3.63) is 35.8 Å². The zero-order chi connectivity index (χ0) is 15.9. The van der Waals surface area contributed by atoms with Crippen LogP contribution in [0.5, 0.6) is 0 Å². The van der Waals surface area contributed by atoms with E-state index in [9.17, 15) is 5.11 Å². The van der Waals surface area contributed by atoms with Crippen LogP contribution in [0.2, 0.25) is 0 Å². The molecule has 0 radical (unpaired) electrons. The summed E-state index contributed by atoms with van der Waals surface area (Å²) >= 11 is 0. The van der Waals surface area contributed by atoms with Gasteiger partial charge in [-0.3, -0.25) is 4.99 Å². The van der Waals surface area contributed by atoms with Gasteiger partial charge in [0.05, 0.1) is 12.0 Å². The Morgan fingerprint density at radius 3 is 2.22 bits per heavy atom. The molecule has 0 spiro atoms. The van der Waals surface area contributed by atoms with E-state index in [1.165, 1.54) is 38.5 Å². The van der Waals surface area contributed by atoms with Crippen LogP contribution in [0.15, 0.2) is 40.8 Å². The molecule has 0 bridgehead atoms. The highest BCUT2D eigenvalue weighted by Gasteiger charge is 2.17. The van der Waals surface area contributed by atoms with Crippen LogP contribution in [-0.2, 0) is 4.74 Å². The first kappa shape index (κ1) is 16.2. The van der Waals surface area contributed by atoms with Crippen LogP contribution in [0.1, 0.15) is 64.2 Å². The Bertz CT molecular complexity index is 493. The van der Waals surface area contributed by atoms with Crippen LogP contribution in [0.4, 0.5) is 0 Å². The number of rotatable bonds is 3. The number of ether oxygens (including phenoxy) is 1. The molecular weight excluding hydrogens is 288 g/mol. The van der Waals surface area contributed by atoms with Crippen LogP contribution < -0.4 is 10.4 Å². The molecule has 4 nitrogen and oxygen atoms in total. The van der Waals surface area contributed by atoms with Gasteiger partial charge in [-0.05, 0) is 31.3 Å². The van der Waals surface area contributed by atoms with E-state index in [4.69, 9.17) is 9.73 Å². The fourth-order valence-corrected chi connectivity index (χ4v) is 3.55. The van der Waals surface area contributed by atoms with Crippen molar-refractivity contribution < 1.29 is 9.84 Å². The first-order valence-corrected chi connectivity index (χ1v) is 9.09. The Kier molecular flexibility index (Phi) is 5.78. The second kappa shape index (κ2) is 8.23. The van der Waals surface area contributed by atoms with Crippen LogP contribution in [-0.4, -0.2) is 18.1 Å². The zero-order valence-electron chi connectivity index (χ0n) is 13.8. The van der Waals surface area contributed by atoms with E-state index in [2.05, 4.69) is 5.32 Å². The minimum atomic E-state index is -0.312. The second-order valence-corrected chi connectivity index (χ2v) is 6.77. The summed E-state index contributed by atoms with van der Waals surface area (Å²) in [7, 11) is 0. The van der Waals surface area contributed by atoms with Gasteiger partial charge in [0.2, 0.25) is 0 Å². The SMILES string of the molecule is [O-]C(OC(=NC1CCCCC1)NC1CCCCC1)=C1C=CC=C1. The Labute approximate surface area is 139 Å². The normalized spacial score (nSPS) is 23.3. The van der Waals surface area contributed by atoms with E-state index in [1.54, 1.807) is 12.2 Å². The van der Waals surface area contributed by atoms with Gasteiger partial charge in [0, 0.05) is 6.04 Å². The van der Waals surface area contributed by atoms with E-state index in [0.717, 1.165) is 25.7 Å². The average molecular weight is 315 g/mol. The monoisotopic (exact) mass is 315 g/mol. The molecule has 0 aliphatic heterocycles. The van der Waals surface area contributed by atoms with Crippen molar-refractivity contribution in [1.82, 2.24) is 5.32 Å². The predicted octanol–water partition coefficient (Wildman–Crippen LogP) is 3.31. The maximum absolute atomic E-state index is 12.3. The highest BCUT2D eigenvalue weighted by molar-refractivity contribution is 5.75. The average Bonchev–Trinajstić information content (AvgIpc) is 3.11. The standard InChI is InChI=1S/C19H28N2O2/c22-18(15-9-7-8-10-15)23-19(20-16-11-3-1-4-12-16)21-17-13-5-2-6-14-17/h7-10,16-17,22H,1-6,11-14H2,(H,20,21)/p-1. The largest absolute Gasteiger partial charge is 0.552 e. The molecule has 0 atom stereocenters. The van der Waals surface area contributed by atoms with Gasteiger partial charge in [-0.15, -0.1) is 0 Å². The van der Waals surface area contributed by atoms with Crippen LogP contribution in [0.25, 0.3) is 0 Å². The maximum atomic E-state index is 12.3. The molecule has 4 heteroatoms. The van der Waals surface area contributed by atoms with Gasteiger partial charge in [-0.2, -0.15) is 0 Å². The topological polar surface area (TPSA) is 56.7 Å². The first-order valence-electron chi connectivity index (χ1n) is 9.09. The molecule has 3 aliphatic carbocycles. The summed E-state index contributed by atoms with van der Waals surface area (Å²) in [6.45, 7) is 0. The molecule has 2 saturated carbocycles. The third-order valence-electron chi connectivity index (χ3n) is 4.90. The van der Waals surface area contributed by atoms with Crippen molar-refractivity contribution >= 4 is 6.02 Å². The third-order valence-corrected chi connectivity index (χ3v) is 4.90. The molecule has 0 saturated heterocycles. The molecule has 0 aromatic carbocycles. The molecule has 0 heterocycles. The number of nitrogens with zero attached hydrogens (tertiary/aromatic N) is 1. The summed E-state index contributed by atoms with van der Waals surface area (Å²) in [5.74, 6) is -0.312. The Morgan fingerprint density at radius 1 is 0.957 bits per heavy atom. The Balaban J connectivity index is 1.69.